The average molecular weight is 471 g/mol. The van der Waals surface area contributed by atoms with E-state index < -0.39 is 0 Å². The molecule has 2 fully saturated rings. The summed E-state index contributed by atoms with van der Waals surface area (Å²) < 4.78 is 5.84. The number of anilines is 2. The molecular weight excluding hydrogens is 436 g/mol. The van der Waals surface area contributed by atoms with E-state index in [0.29, 0.717) is 29.3 Å². The maximum atomic E-state index is 12.7. The number of benzene rings is 1. The fourth-order valence-electron chi connectivity index (χ4n) is 4.77. The van der Waals surface area contributed by atoms with Gasteiger partial charge < -0.3 is 20.7 Å². The highest BCUT2D eigenvalue weighted by molar-refractivity contribution is 6.33. The summed E-state index contributed by atoms with van der Waals surface area (Å²) in [5, 5.41) is 10.5. The first-order valence-electron chi connectivity index (χ1n) is 12.0. The van der Waals surface area contributed by atoms with Gasteiger partial charge in [0.15, 0.2) is 0 Å². The Morgan fingerprint density at radius 2 is 2.12 bits per heavy atom. The van der Waals surface area contributed by atoms with Gasteiger partial charge in [0.05, 0.1) is 16.5 Å². The summed E-state index contributed by atoms with van der Waals surface area (Å²) in [7, 11) is 0. The summed E-state index contributed by atoms with van der Waals surface area (Å²) in [6.45, 7) is 8.89. The number of aromatic nitrogens is 1. The molecule has 0 spiro atoms. The molecule has 2 aliphatic rings. The summed E-state index contributed by atoms with van der Waals surface area (Å²) in [6.07, 6.45) is 5.62. The second kappa shape index (κ2) is 10.4. The fourth-order valence-corrected chi connectivity index (χ4v) is 4.98. The number of piperidine rings is 1. The minimum absolute atomic E-state index is 0.00461. The van der Waals surface area contributed by atoms with Gasteiger partial charge in [-0.15, -0.1) is 0 Å². The van der Waals surface area contributed by atoms with Crippen LogP contribution in [0.4, 0.5) is 11.5 Å². The summed E-state index contributed by atoms with van der Waals surface area (Å²) in [6, 6.07) is 10.6. The zero-order valence-electron chi connectivity index (χ0n) is 19.8. The lowest BCUT2D eigenvalue weighted by Gasteiger charge is -2.35. The third-order valence-electron chi connectivity index (χ3n) is 6.71. The average Bonchev–Trinajstić information content (AvgIpc) is 2.79. The number of nitrogens with zero attached hydrogens (tertiary/aromatic N) is 1. The molecule has 1 amide bonds. The number of pyridine rings is 1. The molecule has 3 atom stereocenters. The van der Waals surface area contributed by atoms with Crippen LogP contribution in [0.25, 0.3) is 11.1 Å². The first-order valence-corrected chi connectivity index (χ1v) is 12.3. The Labute approximate surface area is 201 Å². The highest BCUT2D eigenvalue weighted by atomic mass is 35.5. The van der Waals surface area contributed by atoms with Gasteiger partial charge in [0.2, 0.25) is 5.91 Å². The van der Waals surface area contributed by atoms with Crippen LogP contribution in [-0.2, 0) is 9.53 Å². The summed E-state index contributed by atoms with van der Waals surface area (Å²) in [4.78, 5) is 17.0. The van der Waals surface area contributed by atoms with Crippen LogP contribution < -0.4 is 16.0 Å². The van der Waals surface area contributed by atoms with Gasteiger partial charge >= 0.3 is 0 Å². The molecular formula is C26H35ClN4O2. The molecule has 0 saturated carbocycles. The zero-order valence-corrected chi connectivity index (χ0v) is 20.5. The molecule has 2 saturated heterocycles. The van der Waals surface area contributed by atoms with Crippen molar-refractivity contribution in [2.24, 2.45) is 11.8 Å². The van der Waals surface area contributed by atoms with Crippen molar-refractivity contribution in [3.63, 3.8) is 0 Å². The van der Waals surface area contributed by atoms with Crippen molar-refractivity contribution in [3.05, 3.63) is 41.6 Å². The van der Waals surface area contributed by atoms with E-state index in [2.05, 4.69) is 53.8 Å². The SMILES string of the molecule is CC1CCC(C(=O)Nc2cc(-c3cccc(NCC4CCOC(C)(C)C4)c3)c(Cl)cn2)CN1. The van der Waals surface area contributed by atoms with Gasteiger partial charge in [-0.05, 0) is 76.1 Å². The Balaban J connectivity index is 1.42. The van der Waals surface area contributed by atoms with E-state index in [1.165, 1.54) is 0 Å². The van der Waals surface area contributed by atoms with Crippen molar-refractivity contribution in [3.8, 4) is 11.1 Å². The normalized spacial score (nSPS) is 24.8. The number of rotatable bonds is 6. The lowest BCUT2D eigenvalue weighted by Crippen LogP contribution is -2.41. The highest BCUT2D eigenvalue weighted by Gasteiger charge is 2.28. The molecule has 0 radical (unpaired) electrons. The summed E-state index contributed by atoms with van der Waals surface area (Å²) >= 11 is 6.50. The molecule has 3 heterocycles. The van der Waals surface area contributed by atoms with Gasteiger partial charge in [-0.1, -0.05) is 23.7 Å². The van der Waals surface area contributed by atoms with E-state index in [-0.39, 0.29) is 17.4 Å². The molecule has 178 valence electrons. The molecule has 0 aliphatic carbocycles. The van der Waals surface area contributed by atoms with Crippen LogP contribution in [0.2, 0.25) is 5.02 Å². The molecule has 0 bridgehead atoms. The highest BCUT2D eigenvalue weighted by Crippen LogP contribution is 2.32. The van der Waals surface area contributed by atoms with Crippen LogP contribution in [0.5, 0.6) is 0 Å². The first kappa shape index (κ1) is 24.0. The summed E-state index contributed by atoms with van der Waals surface area (Å²) in [5.41, 5.74) is 2.85. The van der Waals surface area contributed by atoms with Crippen LogP contribution in [0.3, 0.4) is 0 Å². The van der Waals surface area contributed by atoms with E-state index in [1.54, 1.807) is 6.20 Å². The second-order valence-electron chi connectivity index (χ2n) is 10.1. The van der Waals surface area contributed by atoms with Crippen LogP contribution in [-0.4, -0.2) is 42.2 Å². The van der Waals surface area contributed by atoms with E-state index in [1.807, 2.05) is 18.2 Å². The maximum absolute atomic E-state index is 12.7. The van der Waals surface area contributed by atoms with Gasteiger partial charge in [-0.25, -0.2) is 4.98 Å². The second-order valence-corrected chi connectivity index (χ2v) is 10.5. The molecule has 1 aromatic heterocycles. The van der Waals surface area contributed by atoms with Gasteiger partial charge in [-0.2, -0.15) is 0 Å². The Bertz CT molecular complexity index is 973. The number of amides is 1. The van der Waals surface area contributed by atoms with Gasteiger partial charge in [-0.3, -0.25) is 4.79 Å². The van der Waals surface area contributed by atoms with Gasteiger partial charge in [0, 0.05) is 43.2 Å². The van der Waals surface area contributed by atoms with Crippen molar-refractivity contribution in [1.29, 1.82) is 0 Å². The monoisotopic (exact) mass is 470 g/mol. The molecule has 2 aromatic rings. The number of nitrogens with one attached hydrogen (secondary N) is 3. The van der Waals surface area contributed by atoms with E-state index >= 15 is 0 Å². The van der Waals surface area contributed by atoms with Crippen molar-refractivity contribution in [2.45, 2.75) is 58.1 Å². The number of carbonyl (C=O) groups excluding carboxylic acids is 1. The molecule has 3 unspecified atom stereocenters. The quantitative estimate of drug-likeness (QED) is 0.531. The van der Waals surface area contributed by atoms with E-state index in [4.69, 9.17) is 16.3 Å². The van der Waals surface area contributed by atoms with Crippen molar-refractivity contribution >= 4 is 29.0 Å². The molecule has 6 nitrogen and oxygen atoms in total. The molecule has 4 rings (SSSR count). The third-order valence-corrected chi connectivity index (χ3v) is 7.01. The molecule has 7 heteroatoms. The molecule has 33 heavy (non-hydrogen) atoms. The molecule has 1 aromatic carbocycles. The van der Waals surface area contributed by atoms with Crippen molar-refractivity contribution in [1.82, 2.24) is 10.3 Å². The first-order chi connectivity index (χ1) is 15.8. The number of halogens is 1. The smallest absolute Gasteiger partial charge is 0.229 e. The lowest BCUT2D eigenvalue weighted by molar-refractivity contribution is -0.120. The zero-order chi connectivity index (χ0) is 23.4. The predicted molar refractivity (Wildman–Crippen MR) is 135 cm³/mol. The minimum Gasteiger partial charge on any atom is -0.385 e. The fraction of sp³-hybridized carbons (Fsp3) is 0.538. The number of carbonyl (C=O) groups is 1. The number of hydrogen-bond donors (Lipinski definition) is 3. The minimum atomic E-state index is -0.0518. The van der Waals surface area contributed by atoms with Gasteiger partial charge in [0.25, 0.3) is 0 Å². The standard InChI is InChI=1S/C26H35ClN4O2/c1-17-7-8-20(15-28-17)25(32)31-24-12-22(23(27)16-30-24)19-5-4-6-21(11-19)29-14-18-9-10-33-26(2,3)13-18/h4-6,11-12,16-18,20,28-29H,7-10,13-15H2,1-3H3,(H,30,31,32). The largest absolute Gasteiger partial charge is 0.385 e. The predicted octanol–water partition coefficient (Wildman–Crippen LogP) is 5.35. The van der Waals surface area contributed by atoms with Crippen molar-refractivity contribution < 1.29 is 9.53 Å². The van der Waals surface area contributed by atoms with Crippen LogP contribution in [0.1, 0.15) is 46.5 Å². The Morgan fingerprint density at radius 1 is 1.27 bits per heavy atom. The number of ether oxygens (including phenoxy) is 1. The van der Waals surface area contributed by atoms with Crippen molar-refractivity contribution in [2.75, 3.05) is 30.3 Å². The Morgan fingerprint density at radius 3 is 2.88 bits per heavy atom. The van der Waals surface area contributed by atoms with Crippen LogP contribution in [0.15, 0.2) is 36.5 Å². The maximum Gasteiger partial charge on any atom is 0.229 e. The van der Waals surface area contributed by atoms with Gasteiger partial charge in [0.1, 0.15) is 5.82 Å². The molecule has 2 aliphatic heterocycles. The number of hydrogen-bond acceptors (Lipinski definition) is 5. The third kappa shape index (κ3) is 6.46. The van der Waals surface area contributed by atoms with Crippen LogP contribution >= 0.6 is 11.6 Å². The Hall–Kier alpha value is -2.15. The van der Waals surface area contributed by atoms with Crippen LogP contribution in [0, 0.1) is 11.8 Å². The van der Waals surface area contributed by atoms with E-state index in [0.717, 1.165) is 55.6 Å². The molecule has 3 N–H and O–H groups in total. The van der Waals surface area contributed by atoms with E-state index in [9.17, 15) is 4.79 Å². The topological polar surface area (TPSA) is 75.3 Å². The lowest BCUT2D eigenvalue weighted by atomic mass is 9.88. The Kier molecular flexibility index (Phi) is 7.57. The summed E-state index contributed by atoms with van der Waals surface area (Å²) in [5.74, 6) is 1.08.